The maximum atomic E-state index is 4.80. The molecule has 0 bridgehead atoms. The standard InChI is InChI=1S/C21H34N6/c1-8-22-20(24-15-21(4,5)26(6)7)23-14-18-11-9-10-12-19(18)27-17(3)13-16(2)25-27/h9-13H,8,14-15H2,1-7H3,(H2,22,23,24). The van der Waals surface area contributed by atoms with Crippen LogP contribution in [-0.4, -0.2) is 53.4 Å². The lowest BCUT2D eigenvalue weighted by Crippen LogP contribution is -2.50. The maximum absolute atomic E-state index is 4.80. The number of aliphatic imine (C=N–C) groups is 1. The molecular formula is C21H34N6. The van der Waals surface area contributed by atoms with E-state index >= 15 is 0 Å². The monoisotopic (exact) mass is 370 g/mol. The second-order valence-electron chi connectivity index (χ2n) is 7.72. The van der Waals surface area contributed by atoms with E-state index in [2.05, 4.69) is 86.7 Å². The molecule has 1 aromatic heterocycles. The van der Waals surface area contributed by atoms with Crippen LogP contribution in [0.1, 0.15) is 37.7 Å². The van der Waals surface area contributed by atoms with E-state index in [9.17, 15) is 0 Å². The molecule has 2 rings (SSSR count). The largest absolute Gasteiger partial charge is 0.357 e. The Morgan fingerprint density at radius 3 is 2.48 bits per heavy atom. The van der Waals surface area contributed by atoms with E-state index in [-0.39, 0.29) is 5.54 Å². The number of benzene rings is 1. The predicted molar refractivity (Wildman–Crippen MR) is 114 cm³/mol. The summed E-state index contributed by atoms with van der Waals surface area (Å²) in [7, 11) is 4.19. The first-order valence-corrected chi connectivity index (χ1v) is 9.55. The van der Waals surface area contributed by atoms with Crippen LogP contribution in [0.25, 0.3) is 5.69 Å². The highest BCUT2D eigenvalue weighted by molar-refractivity contribution is 5.79. The minimum absolute atomic E-state index is 0.0395. The van der Waals surface area contributed by atoms with Crippen molar-refractivity contribution < 1.29 is 0 Å². The molecule has 0 unspecified atom stereocenters. The summed E-state index contributed by atoms with van der Waals surface area (Å²) in [5.74, 6) is 0.829. The van der Waals surface area contributed by atoms with Crippen LogP contribution in [0.15, 0.2) is 35.3 Å². The first kappa shape index (κ1) is 21.0. The Bertz CT molecular complexity index is 773. The van der Waals surface area contributed by atoms with E-state index in [4.69, 9.17) is 4.99 Å². The molecule has 0 atom stereocenters. The molecule has 1 aromatic carbocycles. The van der Waals surface area contributed by atoms with Crippen LogP contribution in [0.3, 0.4) is 0 Å². The average molecular weight is 371 g/mol. The Kier molecular flexibility index (Phi) is 7.02. The van der Waals surface area contributed by atoms with Crippen molar-refractivity contribution in [3.63, 3.8) is 0 Å². The quantitative estimate of drug-likeness (QED) is 0.581. The number of nitrogens with one attached hydrogen (secondary N) is 2. The lowest BCUT2D eigenvalue weighted by atomic mass is 10.0. The van der Waals surface area contributed by atoms with Crippen molar-refractivity contribution in [2.75, 3.05) is 27.2 Å². The summed E-state index contributed by atoms with van der Waals surface area (Å²) in [6, 6.07) is 10.4. The lowest BCUT2D eigenvalue weighted by Gasteiger charge is -2.33. The van der Waals surface area contributed by atoms with Crippen molar-refractivity contribution in [1.82, 2.24) is 25.3 Å². The van der Waals surface area contributed by atoms with Gasteiger partial charge in [0.2, 0.25) is 0 Å². The van der Waals surface area contributed by atoms with E-state index in [0.29, 0.717) is 6.54 Å². The number of rotatable bonds is 7. The summed E-state index contributed by atoms with van der Waals surface area (Å²) in [5.41, 5.74) is 4.41. The number of nitrogens with zero attached hydrogens (tertiary/aromatic N) is 4. The molecule has 0 spiro atoms. The van der Waals surface area contributed by atoms with Gasteiger partial charge in [-0.05, 0) is 66.4 Å². The van der Waals surface area contributed by atoms with Gasteiger partial charge in [0.25, 0.3) is 0 Å². The Balaban J connectivity index is 2.20. The topological polar surface area (TPSA) is 57.5 Å². The minimum atomic E-state index is 0.0395. The van der Waals surface area contributed by atoms with Crippen molar-refractivity contribution >= 4 is 5.96 Å². The third-order valence-electron chi connectivity index (χ3n) is 4.88. The molecule has 0 saturated carbocycles. The normalized spacial score (nSPS) is 12.5. The van der Waals surface area contributed by atoms with E-state index in [1.54, 1.807) is 0 Å². The summed E-state index contributed by atoms with van der Waals surface area (Å²) < 4.78 is 2.00. The molecule has 0 saturated heterocycles. The smallest absolute Gasteiger partial charge is 0.191 e. The van der Waals surface area contributed by atoms with Gasteiger partial charge in [-0.2, -0.15) is 5.10 Å². The summed E-state index contributed by atoms with van der Waals surface area (Å²) in [4.78, 5) is 7.01. The van der Waals surface area contributed by atoms with Crippen LogP contribution in [0.2, 0.25) is 0 Å². The van der Waals surface area contributed by atoms with Gasteiger partial charge in [0.05, 0.1) is 17.9 Å². The molecule has 2 aromatic rings. The number of aryl methyl sites for hydroxylation is 2. The lowest BCUT2D eigenvalue weighted by molar-refractivity contribution is 0.197. The summed E-state index contributed by atoms with van der Waals surface area (Å²) in [6.07, 6.45) is 0. The van der Waals surface area contributed by atoms with Crippen molar-refractivity contribution in [3.8, 4) is 5.69 Å². The summed E-state index contributed by atoms with van der Waals surface area (Å²) >= 11 is 0. The highest BCUT2D eigenvalue weighted by Crippen LogP contribution is 2.18. The number of hydrogen-bond acceptors (Lipinski definition) is 3. The van der Waals surface area contributed by atoms with Crippen molar-refractivity contribution in [3.05, 3.63) is 47.3 Å². The van der Waals surface area contributed by atoms with Crippen molar-refractivity contribution in [2.24, 2.45) is 4.99 Å². The molecule has 0 radical (unpaired) electrons. The molecule has 148 valence electrons. The number of aromatic nitrogens is 2. The Hall–Kier alpha value is -2.34. The van der Waals surface area contributed by atoms with Gasteiger partial charge in [-0.3, -0.25) is 0 Å². The molecule has 27 heavy (non-hydrogen) atoms. The Labute approximate surface area is 163 Å². The Morgan fingerprint density at radius 2 is 1.89 bits per heavy atom. The number of likely N-dealkylation sites (N-methyl/N-ethyl adjacent to an activating group) is 1. The van der Waals surface area contributed by atoms with Crippen LogP contribution in [-0.2, 0) is 6.54 Å². The number of hydrogen-bond donors (Lipinski definition) is 2. The molecule has 6 nitrogen and oxygen atoms in total. The number of guanidine groups is 1. The third kappa shape index (κ3) is 5.57. The zero-order valence-electron chi connectivity index (χ0n) is 17.8. The molecule has 0 fully saturated rings. The van der Waals surface area contributed by atoms with Crippen LogP contribution in [0, 0.1) is 13.8 Å². The van der Waals surface area contributed by atoms with Gasteiger partial charge in [0, 0.05) is 24.3 Å². The van der Waals surface area contributed by atoms with Gasteiger partial charge in [-0.25, -0.2) is 9.67 Å². The van der Waals surface area contributed by atoms with E-state index in [1.165, 1.54) is 0 Å². The van der Waals surface area contributed by atoms with Crippen LogP contribution < -0.4 is 10.6 Å². The fraction of sp³-hybridized carbons (Fsp3) is 0.524. The number of para-hydroxylation sites is 1. The van der Waals surface area contributed by atoms with Gasteiger partial charge in [-0.1, -0.05) is 18.2 Å². The van der Waals surface area contributed by atoms with Crippen molar-refractivity contribution in [1.29, 1.82) is 0 Å². The zero-order chi connectivity index (χ0) is 20.0. The first-order chi connectivity index (χ1) is 12.7. The molecular weight excluding hydrogens is 336 g/mol. The minimum Gasteiger partial charge on any atom is -0.357 e. The van der Waals surface area contributed by atoms with Gasteiger partial charge in [0.15, 0.2) is 5.96 Å². The fourth-order valence-corrected chi connectivity index (χ4v) is 2.69. The first-order valence-electron chi connectivity index (χ1n) is 9.55. The highest BCUT2D eigenvalue weighted by atomic mass is 15.3. The van der Waals surface area contributed by atoms with E-state index in [0.717, 1.165) is 41.7 Å². The molecule has 6 heteroatoms. The highest BCUT2D eigenvalue weighted by Gasteiger charge is 2.20. The summed E-state index contributed by atoms with van der Waals surface area (Å²) in [5, 5.41) is 11.4. The molecule has 0 amide bonds. The zero-order valence-corrected chi connectivity index (χ0v) is 17.8. The third-order valence-corrected chi connectivity index (χ3v) is 4.88. The van der Waals surface area contributed by atoms with Crippen molar-refractivity contribution in [2.45, 2.75) is 46.7 Å². The second kappa shape index (κ2) is 9.04. The molecule has 1 heterocycles. The maximum Gasteiger partial charge on any atom is 0.191 e. The summed E-state index contributed by atoms with van der Waals surface area (Å²) in [6.45, 7) is 12.8. The molecule has 0 aliphatic carbocycles. The van der Waals surface area contributed by atoms with Gasteiger partial charge in [-0.15, -0.1) is 0 Å². The van der Waals surface area contributed by atoms with Gasteiger partial charge >= 0.3 is 0 Å². The van der Waals surface area contributed by atoms with E-state index in [1.807, 2.05) is 17.7 Å². The van der Waals surface area contributed by atoms with Gasteiger partial charge < -0.3 is 15.5 Å². The molecule has 0 aliphatic rings. The van der Waals surface area contributed by atoms with E-state index < -0.39 is 0 Å². The second-order valence-corrected chi connectivity index (χ2v) is 7.72. The average Bonchev–Trinajstić information content (AvgIpc) is 2.95. The van der Waals surface area contributed by atoms with Crippen LogP contribution in [0.5, 0.6) is 0 Å². The Morgan fingerprint density at radius 1 is 1.19 bits per heavy atom. The fourth-order valence-electron chi connectivity index (χ4n) is 2.69. The molecule has 2 N–H and O–H groups in total. The predicted octanol–water partition coefficient (Wildman–Crippen LogP) is 2.88. The van der Waals surface area contributed by atoms with Gasteiger partial charge in [0.1, 0.15) is 0 Å². The molecule has 0 aliphatic heterocycles. The van der Waals surface area contributed by atoms with Crippen LogP contribution >= 0.6 is 0 Å². The van der Waals surface area contributed by atoms with Crippen LogP contribution in [0.4, 0.5) is 0 Å². The SMILES string of the molecule is CCNC(=NCc1ccccc1-n1nc(C)cc1C)NCC(C)(C)N(C)C.